The molecular weight excluding hydrogens is 340 g/mol. The molecule has 1 aromatic carbocycles. The van der Waals surface area contributed by atoms with Gasteiger partial charge < -0.3 is 20.1 Å². The van der Waals surface area contributed by atoms with Crippen LogP contribution in [0.4, 0.5) is 0 Å². The van der Waals surface area contributed by atoms with E-state index < -0.39 is 0 Å². The molecule has 3 rings (SSSR count). The van der Waals surface area contributed by atoms with Crippen molar-refractivity contribution in [2.24, 2.45) is 5.92 Å². The Hall–Kier alpha value is -1.30. The van der Waals surface area contributed by atoms with Gasteiger partial charge in [-0.3, -0.25) is 4.79 Å². The van der Waals surface area contributed by atoms with Crippen molar-refractivity contribution in [1.82, 2.24) is 10.6 Å². The lowest BCUT2D eigenvalue weighted by Gasteiger charge is -2.27. The highest BCUT2D eigenvalue weighted by atomic mass is 35.5. The fourth-order valence-electron chi connectivity index (χ4n) is 3.40. The van der Waals surface area contributed by atoms with E-state index in [1.165, 1.54) is 0 Å². The van der Waals surface area contributed by atoms with Crippen molar-refractivity contribution in [1.29, 1.82) is 0 Å². The third-order valence-electron chi connectivity index (χ3n) is 4.85. The predicted molar refractivity (Wildman–Crippen MR) is 100 cm³/mol. The average molecular weight is 369 g/mol. The summed E-state index contributed by atoms with van der Waals surface area (Å²) in [6, 6.07) is 6.57. The Morgan fingerprint density at radius 1 is 1.40 bits per heavy atom. The van der Waals surface area contributed by atoms with E-state index in [-0.39, 0.29) is 30.3 Å². The van der Waals surface area contributed by atoms with Gasteiger partial charge in [-0.05, 0) is 44.9 Å². The molecule has 0 radical (unpaired) electrons. The first-order valence-electron chi connectivity index (χ1n) is 8.97. The fourth-order valence-corrected chi connectivity index (χ4v) is 3.40. The molecule has 3 atom stereocenters. The summed E-state index contributed by atoms with van der Waals surface area (Å²) >= 11 is 0. The van der Waals surface area contributed by atoms with Crippen molar-refractivity contribution in [3.63, 3.8) is 0 Å². The van der Waals surface area contributed by atoms with Crippen LogP contribution in [0.5, 0.6) is 5.75 Å². The molecule has 0 bridgehead atoms. The quantitative estimate of drug-likeness (QED) is 0.838. The van der Waals surface area contributed by atoms with Crippen LogP contribution >= 0.6 is 12.4 Å². The third-order valence-corrected chi connectivity index (χ3v) is 4.85. The Balaban J connectivity index is 0.00000225. The van der Waals surface area contributed by atoms with Gasteiger partial charge in [-0.15, -0.1) is 12.4 Å². The fraction of sp³-hybridized carbons (Fsp3) is 0.632. The minimum Gasteiger partial charge on any atom is -0.488 e. The number of aryl methyl sites for hydroxylation is 1. The molecule has 2 heterocycles. The van der Waals surface area contributed by atoms with E-state index in [2.05, 4.69) is 30.5 Å². The maximum Gasteiger partial charge on any atom is 0.223 e. The SMILES string of the molecule is Cc1ccc(CNC(=O)[C@H]2CCN[C@@H](C)C2)c(OC2CCOC2)c1.Cl. The lowest BCUT2D eigenvalue weighted by molar-refractivity contribution is -0.126. The molecule has 0 spiro atoms. The summed E-state index contributed by atoms with van der Waals surface area (Å²) in [6.45, 7) is 7.02. The summed E-state index contributed by atoms with van der Waals surface area (Å²) < 4.78 is 11.5. The van der Waals surface area contributed by atoms with E-state index in [4.69, 9.17) is 9.47 Å². The maximum atomic E-state index is 12.4. The lowest BCUT2D eigenvalue weighted by atomic mass is 9.92. The zero-order valence-electron chi connectivity index (χ0n) is 15.0. The highest BCUT2D eigenvalue weighted by Crippen LogP contribution is 2.24. The van der Waals surface area contributed by atoms with Crippen molar-refractivity contribution in [3.8, 4) is 5.75 Å². The van der Waals surface area contributed by atoms with Gasteiger partial charge in [0.15, 0.2) is 0 Å². The van der Waals surface area contributed by atoms with Crippen LogP contribution < -0.4 is 15.4 Å². The molecule has 2 aliphatic heterocycles. The van der Waals surface area contributed by atoms with Gasteiger partial charge in [-0.2, -0.15) is 0 Å². The smallest absolute Gasteiger partial charge is 0.223 e. The summed E-state index contributed by atoms with van der Waals surface area (Å²) in [5.41, 5.74) is 2.19. The van der Waals surface area contributed by atoms with Crippen LogP contribution in [0.25, 0.3) is 0 Å². The number of benzene rings is 1. The third kappa shape index (κ3) is 5.59. The van der Waals surface area contributed by atoms with E-state index in [0.717, 1.165) is 49.3 Å². The molecule has 2 N–H and O–H groups in total. The number of hydrogen-bond acceptors (Lipinski definition) is 4. The number of nitrogens with one attached hydrogen (secondary N) is 2. The molecule has 25 heavy (non-hydrogen) atoms. The van der Waals surface area contributed by atoms with Crippen LogP contribution in [-0.4, -0.2) is 37.8 Å². The van der Waals surface area contributed by atoms with Gasteiger partial charge in [-0.25, -0.2) is 0 Å². The van der Waals surface area contributed by atoms with E-state index in [9.17, 15) is 4.79 Å². The number of amides is 1. The second kappa shape index (κ2) is 9.41. The molecule has 2 fully saturated rings. The Morgan fingerprint density at radius 2 is 2.24 bits per heavy atom. The minimum atomic E-state index is 0. The standard InChI is InChI=1S/C19H28N2O3.ClH/c1-13-3-4-16(18(9-13)24-17-6-8-23-12-17)11-21-19(22)15-5-7-20-14(2)10-15;/h3-4,9,14-15,17,20H,5-8,10-12H2,1-2H3,(H,21,22);1H/t14-,15-,17?;/m0./s1. The van der Waals surface area contributed by atoms with Gasteiger partial charge in [0.2, 0.25) is 5.91 Å². The Labute approximate surface area is 156 Å². The molecule has 0 aliphatic carbocycles. The topological polar surface area (TPSA) is 59.6 Å². The summed E-state index contributed by atoms with van der Waals surface area (Å²) in [5, 5.41) is 6.48. The van der Waals surface area contributed by atoms with Gasteiger partial charge in [-0.1, -0.05) is 12.1 Å². The monoisotopic (exact) mass is 368 g/mol. The molecule has 1 unspecified atom stereocenters. The van der Waals surface area contributed by atoms with Crippen LogP contribution in [0.15, 0.2) is 18.2 Å². The van der Waals surface area contributed by atoms with Crippen molar-refractivity contribution < 1.29 is 14.3 Å². The number of hydrogen-bond donors (Lipinski definition) is 2. The van der Waals surface area contributed by atoms with Crippen molar-refractivity contribution in [2.75, 3.05) is 19.8 Å². The number of halogens is 1. The zero-order chi connectivity index (χ0) is 16.9. The van der Waals surface area contributed by atoms with E-state index in [1.807, 2.05) is 12.1 Å². The van der Waals surface area contributed by atoms with Crippen molar-refractivity contribution in [2.45, 2.75) is 51.8 Å². The van der Waals surface area contributed by atoms with Gasteiger partial charge in [0.05, 0.1) is 13.2 Å². The normalized spacial score (nSPS) is 25.9. The van der Waals surface area contributed by atoms with Crippen LogP contribution in [0.2, 0.25) is 0 Å². The second-order valence-corrected chi connectivity index (χ2v) is 7.01. The van der Waals surface area contributed by atoms with Crippen LogP contribution in [0.3, 0.4) is 0 Å². The molecular formula is C19H29ClN2O3. The largest absolute Gasteiger partial charge is 0.488 e. The second-order valence-electron chi connectivity index (χ2n) is 7.01. The van der Waals surface area contributed by atoms with Gasteiger partial charge in [0, 0.05) is 30.5 Å². The minimum absolute atomic E-state index is 0. The van der Waals surface area contributed by atoms with E-state index in [1.54, 1.807) is 0 Å². The van der Waals surface area contributed by atoms with Gasteiger partial charge in [0.25, 0.3) is 0 Å². The first-order valence-corrected chi connectivity index (χ1v) is 8.97. The predicted octanol–water partition coefficient (Wildman–Crippen LogP) is 2.59. The highest BCUT2D eigenvalue weighted by Gasteiger charge is 2.25. The van der Waals surface area contributed by atoms with E-state index in [0.29, 0.717) is 19.2 Å². The summed E-state index contributed by atoms with van der Waals surface area (Å²) in [6.07, 6.45) is 2.86. The van der Waals surface area contributed by atoms with Crippen LogP contribution in [-0.2, 0) is 16.1 Å². The number of carbonyl (C=O) groups is 1. The average Bonchev–Trinajstić information content (AvgIpc) is 3.07. The molecule has 0 aromatic heterocycles. The summed E-state index contributed by atoms with van der Waals surface area (Å²) in [5.74, 6) is 1.13. The molecule has 2 aliphatic rings. The molecule has 1 aromatic rings. The maximum absolute atomic E-state index is 12.4. The summed E-state index contributed by atoms with van der Waals surface area (Å²) in [7, 11) is 0. The van der Waals surface area contributed by atoms with Crippen LogP contribution in [0.1, 0.15) is 37.3 Å². The van der Waals surface area contributed by atoms with Crippen molar-refractivity contribution >= 4 is 18.3 Å². The Kier molecular flexibility index (Phi) is 7.54. The number of piperidine rings is 1. The Bertz CT molecular complexity index is 576. The van der Waals surface area contributed by atoms with Gasteiger partial charge in [0.1, 0.15) is 11.9 Å². The highest BCUT2D eigenvalue weighted by molar-refractivity contribution is 5.85. The molecule has 0 saturated carbocycles. The summed E-state index contributed by atoms with van der Waals surface area (Å²) in [4.78, 5) is 12.4. The van der Waals surface area contributed by atoms with E-state index >= 15 is 0 Å². The lowest BCUT2D eigenvalue weighted by Crippen LogP contribution is -2.42. The Morgan fingerprint density at radius 3 is 2.96 bits per heavy atom. The molecule has 1 amide bonds. The molecule has 140 valence electrons. The molecule has 6 heteroatoms. The van der Waals surface area contributed by atoms with Gasteiger partial charge >= 0.3 is 0 Å². The molecule has 5 nitrogen and oxygen atoms in total. The van der Waals surface area contributed by atoms with Crippen molar-refractivity contribution in [3.05, 3.63) is 29.3 Å². The number of carbonyl (C=O) groups excluding carboxylic acids is 1. The first-order chi connectivity index (χ1) is 11.6. The first kappa shape index (κ1) is 20.0. The van der Waals surface area contributed by atoms with Crippen LogP contribution in [0, 0.1) is 12.8 Å². The zero-order valence-corrected chi connectivity index (χ0v) is 15.9. The number of rotatable bonds is 5. The number of ether oxygens (including phenoxy) is 2. The molecule has 2 saturated heterocycles.